The molecule has 0 fully saturated rings. The Hall–Kier alpha value is -1.16. The summed E-state index contributed by atoms with van der Waals surface area (Å²) in [5, 5.41) is 0. The Balaban J connectivity index is 2.44. The van der Waals surface area contributed by atoms with Crippen LogP contribution in [-0.2, 0) is 0 Å². The van der Waals surface area contributed by atoms with E-state index in [1.165, 1.54) is 19.3 Å². The summed E-state index contributed by atoms with van der Waals surface area (Å²) in [5.41, 5.74) is 6.35. The van der Waals surface area contributed by atoms with Crippen LogP contribution in [0.5, 0.6) is 5.75 Å². The van der Waals surface area contributed by atoms with E-state index >= 15 is 0 Å². The third-order valence-corrected chi connectivity index (χ3v) is 2.53. The number of nitrogens with zero attached hydrogens (tertiary/aromatic N) is 1. The van der Waals surface area contributed by atoms with Gasteiger partial charge >= 0.3 is 0 Å². The highest BCUT2D eigenvalue weighted by molar-refractivity contribution is 7.80. The van der Waals surface area contributed by atoms with Gasteiger partial charge in [-0.1, -0.05) is 38.4 Å². The van der Waals surface area contributed by atoms with Gasteiger partial charge in [0.15, 0.2) is 0 Å². The van der Waals surface area contributed by atoms with Gasteiger partial charge in [0.05, 0.1) is 18.4 Å². The van der Waals surface area contributed by atoms with Crippen LogP contribution in [0.4, 0.5) is 0 Å². The fourth-order valence-corrected chi connectivity index (χ4v) is 1.58. The molecule has 0 bridgehead atoms. The fraction of sp³-hybridized carbons (Fsp3) is 0.500. The second-order valence-corrected chi connectivity index (χ2v) is 4.09. The predicted octanol–water partition coefficient (Wildman–Crippen LogP) is 2.67. The maximum atomic E-state index is 5.62. The molecule has 0 spiro atoms. The molecule has 0 unspecified atom stereocenters. The topological polar surface area (TPSA) is 48.1 Å². The van der Waals surface area contributed by atoms with Crippen molar-refractivity contribution >= 4 is 17.2 Å². The molecule has 0 amide bonds. The number of nitrogens with two attached hydrogens (primary N) is 1. The minimum absolute atomic E-state index is 0.353. The predicted molar refractivity (Wildman–Crippen MR) is 69.8 cm³/mol. The van der Waals surface area contributed by atoms with Crippen molar-refractivity contribution < 1.29 is 4.74 Å². The summed E-state index contributed by atoms with van der Waals surface area (Å²) in [6, 6.07) is 1.78. The number of ether oxygens (including phenoxy) is 1. The van der Waals surface area contributed by atoms with E-state index < -0.39 is 0 Å². The molecule has 88 valence electrons. The van der Waals surface area contributed by atoms with Gasteiger partial charge < -0.3 is 10.5 Å². The van der Waals surface area contributed by atoms with Crippen LogP contribution in [0.25, 0.3) is 0 Å². The van der Waals surface area contributed by atoms with Crippen molar-refractivity contribution in [2.75, 3.05) is 6.61 Å². The Kier molecular flexibility index (Phi) is 5.78. The van der Waals surface area contributed by atoms with Gasteiger partial charge in [0.1, 0.15) is 10.7 Å². The minimum Gasteiger partial charge on any atom is -0.491 e. The lowest BCUT2D eigenvalue weighted by molar-refractivity contribution is 0.303. The number of unbranched alkanes of at least 4 members (excludes halogenated alkanes) is 3. The molecule has 0 aliphatic rings. The number of pyridine rings is 1. The first kappa shape index (κ1) is 12.9. The van der Waals surface area contributed by atoms with Gasteiger partial charge in [0.25, 0.3) is 0 Å². The van der Waals surface area contributed by atoms with Crippen molar-refractivity contribution in [3.05, 3.63) is 24.0 Å². The van der Waals surface area contributed by atoms with Gasteiger partial charge in [-0.2, -0.15) is 0 Å². The molecular formula is C12H18N2OS. The largest absolute Gasteiger partial charge is 0.491 e. The summed E-state index contributed by atoms with van der Waals surface area (Å²) in [6.45, 7) is 2.88. The number of hydrogen-bond acceptors (Lipinski definition) is 3. The van der Waals surface area contributed by atoms with Crippen LogP contribution in [0.1, 0.15) is 38.2 Å². The van der Waals surface area contributed by atoms with E-state index in [4.69, 9.17) is 22.7 Å². The Morgan fingerprint density at radius 2 is 2.25 bits per heavy atom. The molecule has 1 rings (SSSR count). The van der Waals surface area contributed by atoms with E-state index in [9.17, 15) is 0 Å². The van der Waals surface area contributed by atoms with Crippen LogP contribution in [-0.4, -0.2) is 16.6 Å². The van der Waals surface area contributed by atoms with E-state index in [-0.39, 0.29) is 0 Å². The van der Waals surface area contributed by atoms with Crippen LogP contribution >= 0.6 is 12.2 Å². The Bertz CT molecular complexity index is 342. The van der Waals surface area contributed by atoms with Gasteiger partial charge in [-0.3, -0.25) is 4.98 Å². The molecule has 3 nitrogen and oxygen atoms in total. The maximum absolute atomic E-state index is 5.62. The molecule has 0 saturated heterocycles. The van der Waals surface area contributed by atoms with Crippen molar-refractivity contribution in [2.24, 2.45) is 5.73 Å². The lowest BCUT2D eigenvalue weighted by atomic mass is 10.2. The number of hydrogen-bond donors (Lipinski definition) is 1. The van der Waals surface area contributed by atoms with Gasteiger partial charge in [-0.25, -0.2) is 0 Å². The zero-order chi connectivity index (χ0) is 11.8. The molecule has 4 heteroatoms. The molecule has 0 aliphatic carbocycles. The molecular weight excluding hydrogens is 220 g/mol. The van der Waals surface area contributed by atoms with Crippen molar-refractivity contribution in [2.45, 2.75) is 32.6 Å². The van der Waals surface area contributed by atoms with Crippen LogP contribution in [0.3, 0.4) is 0 Å². The van der Waals surface area contributed by atoms with Crippen LogP contribution in [0, 0.1) is 0 Å². The van der Waals surface area contributed by atoms with Gasteiger partial charge in [0, 0.05) is 6.20 Å². The highest BCUT2D eigenvalue weighted by atomic mass is 32.1. The third-order valence-electron chi connectivity index (χ3n) is 2.31. The standard InChI is InChI=1S/C12H18N2OS/c1-2-3-4-5-8-15-11-9-14-7-6-10(11)12(13)16/h6-7,9H,2-5,8H2,1H3,(H2,13,16). The summed E-state index contributed by atoms with van der Waals surface area (Å²) < 4.78 is 5.62. The van der Waals surface area contributed by atoms with Gasteiger partial charge in [-0.15, -0.1) is 0 Å². The minimum atomic E-state index is 0.353. The quantitative estimate of drug-likeness (QED) is 0.586. The monoisotopic (exact) mass is 238 g/mol. The molecule has 2 N–H and O–H groups in total. The van der Waals surface area contributed by atoms with Gasteiger partial charge in [0.2, 0.25) is 0 Å². The molecule has 0 radical (unpaired) electrons. The molecule has 0 aliphatic heterocycles. The number of thiocarbonyl (C=S) groups is 1. The van der Waals surface area contributed by atoms with Crippen molar-refractivity contribution in [3.63, 3.8) is 0 Å². The third kappa shape index (κ3) is 4.14. The summed E-state index contributed by atoms with van der Waals surface area (Å²) >= 11 is 4.94. The van der Waals surface area contributed by atoms with E-state index in [1.54, 1.807) is 18.5 Å². The van der Waals surface area contributed by atoms with E-state index in [0.717, 1.165) is 12.0 Å². The van der Waals surface area contributed by atoms with E-state index in [0.29, 0.717) is 17.3 Å². The molecule has 1 aromatic rings. The molecule has 1 heterocycles. The Morgan fingerprint density at radius 1 is 1.44 bits per heavy atom. The average molecular weight is 238 g/mol. The second-order valence-electron chi connectivity index (χ2n) is 3.65. The first-order valence-electron chi connectivity index (χ1n) is 5.62. The van der Waals surface area contributed by atoms with Crippen molar-refractivity contribution in [3.8, 4) is 5.75 Å². The van der Waals surface area contributed by atoms with Crippen molar-refractivity contribution in [1.29, 1.82) is 0 Å². The average Bonchev–Trinajstić information content (AvgIpc) is 2.29. The van der Waals surface area contributed by atoms with Crippen LogP contribution in [0.2, 0.25) is 0 Å². The van der Waals surface area contributed by atoms with Gasteiger partial charge in [-0.05, 0) is 12.5 Å². The molecule has 0 aromatic carbocycles. The summed E-state index contributed by atoms with van der Waals surface area (Å²) in [7, 11) is 0. The summed E-state index contributed by atoms with van der Waals surface area (Å²) in [6.07, 6.45) is 8.05. The van der Waals surface area contributed by atoms with E-state index in [1.807, 2.05) is 0 Å². The number of aromatic nitrogens is 1. The molecule has 1 aromatic heterocycles. The van der Waals surface area contributed by atoms with Crippen LogP contribution in [0.15, 0.2) is 18.5 Å². The fourth-order valence-electron chi connectivity index (χ4n) is 1.41. The summed E-state index contributed by atoms with van der Waals surface area (Å²) in [5.74, 6) is 0.687. The Morgan fingerprint density at radius 3 is 2.94 bits per heavy atom. The summed E-state index contributed by atoms with van der Waals surface area (Å²) in [4.78, 5) is 4.36. The molecule has 16 heavy (non-hydrogen) atoms. The maximum Gasteiger partial charge on any atom is 0.147 e. The first-order valence-corrected chi connectivity index (χ1v) is 6.03. The normalized spacial score (nSPS) is 10.1. The number of rotatable bonds is 7. The SMILES string of the molecule is CCCCCCOc1cnccc1C(N)=S. The second kappa shape index (κ2) is 7.17. The molecule has 0 atom stereocenters. The van der Waals surface area contributed by atoms with Crippen molar-refractivity contribution in [1.82, 2.24) is 4.98 Å². The lowest BCUT2D eigenvalue weighted by Crippen LogP contribution is -2.12. The van der Waals surface area contributed by atoms with Crippen LogP contribution < -0.4 is 10.5 Å². The zero-order valence-corrected chi connectivity index (χ0v) is 10.4. The molecule has 0 saturated carbocycles. The smallest absolute Gasteiger partial charge is 0.147 e. The zero-order valence-electron chi connectivity index (χ0n) is 9.61. The Labute approximate surface area is 102 Å². The first-order chi connectivity index (χ1) is 7.75. The van der Waals surface area contributed by atoms with E-state index in [2.05, 4.69) is 11.9 Å². The highest BCUT2D eigenvalue weighted by Crippen LogP contribution is 2.16. The highest BCUT2D eigenvalue weighted by Gasteiger charge is 2.05. The lowest BCUT2D eigenvalue weighted by Gasteiger charge is -2.09.